The van der Waals surface area contributed by atoms with Gasteiger partial charge in [0.05, 0.1) is 13.2 Å². The van der Waals surface area contributed by atoms with Gasteiger partial charge in [0.2, 0.25) is 0 Å². The van der Waals surface area contributed by atoms with Crippen molar-refractivity contribution < 1.29 is 9.53 Å². The van der Waals surface area contributed by atoms with E-state index in [1.165, 1.54) is 5.56 Å². The third kappa shape index (κ3) is 3.89. The lowest BCUT2D eigenvalue weighted by molar-refractivity contribution is 0.0533. The molecule has 18 heavy (non-hydrogen) atoms. The number of carbonyl (C=O) groups excluding carboxylic acids is 1. The van der Waals surface area contributed by atoms with E-state index in [0.717, 1.165) is 11.4 Å². The topological polar surface area (TPSA) is 41.6 Å². The molecule has 2 rings (SSSR count). The molecule has 2 amide bonds. The Kier molecular flexibility index (Phi) is 4.84. The average molecular weight is 269 g/mol. The van der Waals surface area contributed by atoms with Crippen LogP contribution >= 0.6 is 11.6 Å². The van der Waals surface area contributed by atoms with E-state index < -0.39 is 0 Å². The maximum Gasteiger partial charge on any atom is 0.317 e. The van der Waals surface area contributed by atoms with Gasteiger partial charge < -0.3 is 15.0 Å². The lowest BCUT2D eigenvalue weighted by Crippen LogP contribution is -2.46. The Morgan fingerprint density at radius 3 is 2.61 bits per heavy atom. The fraction of sp³-hybridized carbons (Fsp3) is 0.462. The number of amides is 2. The summed E-state index contributed by atoms with van der Waals surface area (Å²) in [4.78, 5) is 13.6. The van der Waals surface area contributed by atoms with Crippen LogP contribution in [0.4, 0.5) is 4.79 Å². The molecule has 0 saturated carbocycles. The minimum atomic E-state index is -0.00716. The average Bonchev–Trinajstić information content (AvgIpc) is 2.42. The molecule has 1 aromatic rings. The maximum atomic E-state index is 11.8. The number of rotatable bonds is 3. The molecule has 0 spiro atoms. The largest absolute Gasteiger partial charge is 0.378 e. The van der Waals surface area contributed by atoms with Gasteiger partial charge >= 0.3 is 6.03 Å². The van der Waals surface area contributed by atoms with E-state index in [-0.39, 0.29) is 6.03 Å². The molecule has 0 unspecified atom stereocenters. The highest BCUT2D eigenvalue weighted by Gasteiger charge is 2.15. The summed E-state index contributed by atoms with van der Waals surface area (Å²) in [6, 6.07) is 7.67. The molecular weight excluding hydrogens is 252 g/mol. The van der Waals surface area contributed by atoms with Crippen LogP contribution in [-0.4, -0.2) is 43.8 Å². The molecule has 0 aromatic heterocycles. The highest BCUT2D eigenvalue weighted by molar-refractivity contribution is 6.30. The fourth-order valence-electron chi connectivity index (χ4n) is 1.84. The van der Waals surface area contributed by atoms with Gasteiger partial charge in [-0.1, -0.05) is 23.7 Å². The summed E-state index contributed by atoms with van der Waals surface area (Å²) in [7, 11) is 0. The number of carbonyl (C=O) groups is 1. The highest BCUT2D eigenvalue weighted by atomic mass is 35.5. The van der Waals surface area contributed by atoms with Gasteiger partial charge in [0, 0.05) is 24.7 Å². The number of urea groups is 1. The molecule has 1 aromatic carbocycles. The van der Waals surface area contributed by atoms with Gasteiger partial charge in [-0.05, 0) is 24.1 Å². The van der Waals surface area contributed by atoms with Crippen molar-refractivity contribution in [2.24, 2.45) is 0 Å². The summed E-state index contributed by atoms with van der Waals surface area (Å²) in [5.41, 5.74) is 1.17. The van der Waals surface area contributed by atoms with Crippen molar-refractivity contribution >= 4 is 17.6 Å². The van der Waals surface area contributed by atoms with E-state index in [2.05, 4.69) is 5.32 Å². The monoisotopic (exact) mass is 268 g/mol. The summed E-state index contributed by atoms with van der Waals surface area (Å²) in [5, 5.41) is 3.65. The van der Waals surface area contributed by atoms with Crippen molar-refractivity contribution in [1.29, 1.82) is 0 Å². The number of hydrogen-bond acceptors (Lipinski definition) is 2. The number of morpholine rings is 1. The Balaban J connectivity index is 1.71. The Labute approximate surface area is 112 Å². The first-order valence-corrected chi connectivity index (χ1v) is 6.48. The minimum Gasteiger partial charge on any atom is -0.378 e. The predicted molar refractivity (Wildman–Crippen MR) is 70.9 cm³/mol. The van der Waals surface area contributed by atoms with Crippen molar-refractivity contribution in [2.75, 3.05) is 32.8 Å². The lowest BCUT2D eigenvalue weighted by atomic mass is 10.1. The molecule has 0 atom stereocenters. The van der Waals surface area contributed by atoms with Gasteiger partial charge in [-0.3, -0.25) is 0 Å². The zero-order valence-electron chi connectivity index (χ0n) is 10.2. The normalized spacial score (nSPS) is 15.5. The summed E-state index contributed by atoms with van der Waals surface area (Å²) in [5.74, 6) is 0. The smallest absolute Gasteiger partial charge is 0.317 e. The van der Waals surface area contributed by atoms with E-state index in [4.69, 9.17) is 16.3 Å². The highest BCUT2D eigenvalue weighted by Crippen LogP contribution is 2.09. The minimum absolute atomic E-state index is 0.00716. The van der Waals surface area contributed by atoms with Gasteiger partial charge in [0.25, 0.3) is 0 Å². The van der Waals surface area contributed by atoms with Gasteiger partial charge in [0.15, 0.2) is 0 Å². The van der Waals surface area contributed by atoms with E-state index in [9.17, 15) is 4.79 Å². The van der Waals surface area contributed by atoms with Crippen LogP contribution in [0.2, 0.25) is 5.02 Å². The zero-order chi connectivity index (χ0) is 12.8. The van der Waals surface area contributed by atoms with Crippen LogP contribution in [0.1, 0.15) is 5.56 Å². The zero-order valence-corrected chi connectivity index (χ0v) is 10.9. The first-order chi connectivity index (χ1) is 8.75. The van der Waals surface area contributed by atoms with E-state index in [1.807, 2.05) is 24.3 Å². The lowest BCUT2D eigenvalue weighted by Gasteiger charge is -2.26. The first kappa shape index (κ1) is 13.2. The van der Waals surface area contributed by atoms with Crippen molar-refractivity contribution in [1.82, 2.24) is 10.2 Å². The summed E-state index contributed by atoms with van der Waals surface area (Å²) >= 11 is 5.81. The number of nitrogens with zero attached hydrogens (tertiary/aromatic N) is 1. The molecule has 5 heteroatoms. The molecule has 98 valence electrons. The number of ether oxygens (including phenoxy) is 1. The second kappa shape index (κ2) is 6.61. The fourth-order valence-corrected chi connectivity index (χ4v) is 1.97. The van der Waals surface area contributed by atoms with Gasteiger partial charge in [-0.25, -0.2) is 4.79 Å². The molecule has 1 heterocycles. The molecule has 1 aliphatic heterocycles. The van der Waals surface area contributed by atoms with Crippen LogP contribution in [0.3, 0.4) is 0 Å². The van der Waals surface area contributed by atoms with Gasteiger partial charge in [-0.15, -0.1) is 0 Å². The molecule has 0 radical (unpaired) electrons. The van der Waals surface area contributed by atoms with Crippen molar-refractivity contribution in [3.8, 4) is 0 Å². The Morgan fingerprint density at radius 1 is 1.28 bits per heavy atom. The van der Waals surface area contributed by atoms with Crippen LogP contribution in [0.15, 0.2) is 24.3 Å². The maximum absolute atomic E-state index is 11.8. The molecule has 0 bridgehead atoms. The Bertz CT molecular complexity index is 388. The Morgan fingerprint density at radius 2 is 1.94 bits per heavy atom. The van der Waals surface area contributed by atoms with E-state index in [0.29, 0.717) is 32.8 Å². The second-order valence-electron chi connectivity index (χ2n) is 4.21. The van der Waals surface area contributed by atoms with Crippen molar-refractivity contribution in [3.63, 3.8) is 0 Å². The molecule has 1 fully saturated rings. The predicted octanol–water partition coefficient (Wildman–Crippen LogP) is 1.92. The number of halogens is 1. The van der Waals surface area contributed by atoms with Crippen LogP contribution in [0, 0.1) is 0 Å². The third-order valence-corrected chi connectivity index (χ3v) is 3.15. The number of nitrogens with one attached hydrogen (secondary N) is 1. The van der Waals surface area contributed by atoms with Crippen LogP contribution in [-0.2, 0) is 11.2 Å². The first-order valence-electron chi connectivity index (χ1n) is 6.10. The molecule has 1 aliphatic rings. The number of benzene rings is 1. The second-order valence-corrected chi connectivity index (χ2v) is 4.64. The summed E-state index contributed by atoms with van der Waals surface area (Å²) in [6.45, 7) is 3.24. The van der Waals surface area contributed by atoms with Crippen LogP contribution in [0.25, 0.3) is 0 Å². The third-order valence-electron chi connectivity index (χ3n) is 2.90. The van der Waals surface area contributed by atoms with E-state index in [1.54, 1.807) is 4.90 Å². The summed E-state index contributed by atoms with van der Waals surface area (Å²) in [6.07, 6.45) is 0.813. The molecular formula is C13H17ClN2O2. The van der Waals surface area contributed by atoms with Gasteiger partial charge in [0.1, 0.15) is 0 Å². The van der Waals surface area contributed by atoms with Crippen LogP contribution < -0.4 is 5.32 Å². The standard InChI is InChI=1S/C13H17ClN2O2/c14-12-3-1-11(2-4-12)5-6-15-13(17)16-7-9-18-10-8-16/h1-4H,5-10H2,(H,15,17). The summed E-state index contributed by atoms with van der Waals surface area (Å²) < 4.78 is 5.20. The molecule has 1 N–H and O–H groups in total. The van der Waals surface area contributed by atoms with E-state index >= 15 is 0 Å². The van der Waals surface area contributed by atoms with Crippen LogP contribution in [0.5, 0.6) is 0 Å². The van der Waals surface area contributed by atoms with Crippen molar-refractivity contribution in [2.45, 2.75) is 6.42 Å². The molecule has 0 aliphatic carbocycles. The molecule has 4 nitrogen and oxygen atoms in total. The quantitative estimate of drug-likeness (QED) is 0.910. The number of hydrogen-bond donors (Lipinski definition) is 1. The Hall–Kier alpha value is -1.26. The van der Waals surface area contributed by atoms with Crippen molar-refractivity contribution in [3.05, 3.63) is 34.9 Å². The molecule has 1 saturated heterocycles. The SMILES string of the molecule is O=C(NCCc1ccc(Cl)cc1)N1CCOCC1. The van der Waals surface area contributed by atoms with Gasteiger partial charge in [-0.2, -0.15) is 0 Å².